The number of imide groups is 1. The van der Waals surface area contributed by atoms with E-state index in [-0.39, 0.29) is 0 Å². The van der Waals surface area contributed by atoms with Gasteiger partial charge in [-0.3, -0.25) is 19.9 Å². The lowest BCUT2D eigenvalue weighted by atomic mass is 9.93. The summed E-state index contributed by atoms with van der Waals surface area (Å²) in [5.74, 6) is 0.404. The summed E-state index contributed by atoms with van der Waals surface area (Å²) in [7, 11) is 0. The third kappa shape index (κ3) is 2.62. The molecule has 2 aromatic rings. The zero-order valence-corrected chi connectivity index (χ0v) is 18.1. The van der Waals surface area contributed by atoms with Crippen molar-refractivity contribution in [3.63, 3.8) is 0 Å². The number of amides is 2. The Morgan fingerprint density at radius 2 is 1.97 bits per heavy atom. The van der Waals surface area contributed by atoms with Gasteiger partial charge in [0.05, 0.1) is 34.3 Å². The van der Waals surface area contributed by atoms with Crippen molar-refractivity contribution in [2.24, 2.45) is 10.9 Å². The van der Waals surface area contributed by atoms with Gasteiger partial charge in [-0.1, -0.05) is 32.0 Å². The third-order valence-corrected chi connectivity index (χ3v) is 6.74. The summed E-state index contributed by atoms with van der Waals surface area (Å²) in [6.45, 7) is 6.02. The summed E-state index contributed by atoms with van der Waals surface area (Å²) in [5, 5.41) is 10.3. The van der Waals surface area contributed by atoms with Crippen LogP contribution in [0.2, 0.25) is 0 Å². The fraction of sp³-hybridized carbons (Fsp3) is 0.333. The van der Waals surface area contributed by atoms with Crippen LogP contribution in [0.25, 0.3) is 5.57 Å². The number of aromatic nitrogens is 2. The summed E-state index contributed by atoms with van der Waals surface area (Å²) in [6.07, 6.45) is 7.31. The Kier molecular flexibility index (Phi) is 4.11. The number of carbonyl (C=O) groups excluding carboxylic acids is 2. The van der Waals surface area contributed by atoms with E-state index in [0.29, 0.717) is 34.4 Å². The molecule has 0 saturated carbocycles. The second kappa shape index (κ2) is 6.91. The van der Waals surface area contributed by atoms with Crippen molar-refractivity contribution in [2.45, 2.75) is 39.3 Å². The molecule has 1 aromatic heterocycles. The summed E-state index contributed by atoms with van der Waals surface area (Å²) in [6, 6.07) is 6.47. The van der Waals surface area contributed by atoms with Crippen LogP contribution in [0.3, 0.4) is 0 Å². The number of rotatable bonds is 3. The number of nitrogens with zero attached hydrogens (tertiary/aromatic N) is 4. The highest BCUT2D eigenvalue weighted by molar-refractivity contribution is 6.48. The quantitative estimate of drug-likeness (QED) is 0.733. The molecule has 162 valence electrons. The summed E-state index contributed by atoms with van der Waals surface area (Å²) >= 11 is 0. The van der Waals surface area contributed by atoms with Crippen LogP contribution in [0, 0.1) is 5.92 Å². The highest BCUT2D eigenvalue weighted by Crippen LogP contribution is 2.42. The number of aliphatic imine (C=N–C) groups is 1. The van der Waals surface area contributed by atoms with Crippen LogP contribution in [-0.4, -0.2) is 39.9 Å². The second-order valence-corrected chi connectivity index (χ2v) is 8.96. The molecule has 32 heavy (non-hydrogen) atoms. The number of aryl methyl sites for hydroxylation is 1. The summed E-state index contributed by atoms with van der Waals surface area (Å²) in [4.78, 5) is 33.0. The number of benzene rings is 1. The highest BCUT2D eigenvalue weighted by atomic mass is 16.2. The molecule has 1 atom stereocenters. The fourth-order valence-corrected chi connectivity index (χ4v) is 5.23. The number of hydrogen-bond donors (Lipinski definition) is 2. The van der Waals surface area contributed by atoms with Gasteiger partial charge in [-0.15, -0.1) is 0 Å². The van der Waals surface area contributed by atoms with Gasteiger partial charge in [0.25, 0.3) is 11.8 Å². The van der Waals surface area contributed by atoms with Gasteiger partial charge in [0.1, 0.15) is 5.82 Å². The van der Waals surface area contributed by atoms with Crippen LogP contribution in [0.5, 0.6) is 0 Å². The SMILES string of the molecule is CC(C)C1Cc2cccc3c2N1C=CN=C3C1=C(c2cnn3c2NCCC3)C(=O)NC1=O. The summed E-state index contributed by atoms with van der Waals surface area (Å²) in [5.41, 5.74) is 5.00. The maximum absolute atomic E-state index is 13.1. The van der Waals surface area contributed by atoms with Gasteiger partial charge in [-0.05, 0) is 24.3 Å². The Morgan fingerprint density at radius 1 is 1.12 bits per heavy atom. The van der Waals surface area contributed by atoms with Crippen molar-refractivity contribution in [1.82, 2.24) is 15.1 Å². The van der Waals surface area contributed by atoms with Crippen molar-refractivity contribution in [3.05, 3.63) is 59.1 Å². The number of anilines is 2. The van der Waals surface area contributed by atoms with Crippen molar-refractivity contribution < 1.29 is 9.59 Å². The smallest absolute Gasteiger partial charge is 0.261 e. The Labute approximate surface area is 185 Å². The minimum Gasteiger partial charge on any atom is -0.370 e. The lowest BCUT2D eigenvalue weighted by molar-refractivity contribution is -0.123. The molecule has 1 unspecified atom stereocenters. The first-order chi connectivity index (χ1) is 15.5. The predicted molar refractivity (Wildman–Crippen MR) is 122 cm³/mol. The molecular formula is C24H24N6O2. The lowest BCUT2D eigenvalue weighted by Crippen LogP contribution is -2.32. The van der Waals surface area contributed by atoms with Gasteiger partial charge in [-0.25, -0.2) is 4.68 Å². The van der Waals surface area contributed by atoms with Crippen molar-refractivity contribution in [3.8, 4) is 0 Å². The minimum atomic E-state index is -0.419. The fourth-order valence-electron chi connectivity index (χ4n) is 5.23. The van der Waals surface area contributed by atoms with Crippen LogP contribution >= 0.6 is 0 Å². The monoisotopic (exact) mass is 428 g/mol. The van der Waals surface area contributed by atoms with Gasteiger partial charge >= 0.3 is 0 Å². The molecule has 0 radical (unpaired) electrons. The Bertz CT molecular complexity index is 1270. The lowest BCUT2D eigenvalue weighted by Gasteiger charge is -2.27. The molecule has 0 saturated heterocycles. The molecule has 8 heteroatoms. The van der Waals surface area contributed by atoms with Crippen LogP contribution < -0.4 is 15.5 Å². The van der Waals surface area contributed by atoms with E-state index in [9.17, 15) is 9.59 Å². The van der Waals surface area contributed by atoms with E-state index in [4.69, 9.17) is 4.99 Å². The topological polar surface area (TPSA) is 91.6 Å². The Balaban J connectivity index is 1.56. The first-order valence-corrected chi connectivity index (χ1v) is 11.1. The number of para-hydroxylation sites is 1. The van der Waals surface area contributed by atoms with Crippen LogP contribution in [0.4, 0.5) is 11.5 Å². The normalized spacial score (nSPS) is 21.4. The van der Waals surface area contributed by atoms with Crippen molar-refractivity contribution >= 4 is 34.6 Å². The van der Waals surface area contributed by atoms with Crippen LogP contribution in [0.15, 0.2) is 47.4 Å². The van der Waals surface area contributed by atoms with Gasteiger partial charge < -0.3 is 10.2 Å². The van der Waals surface area contributed by atoms with E-state index in [1.807, 2.05) is 23.0 Å². The van der Waals surface area contributed by atoms with Gasteiger partial charge in [0.2, 0.25) is 0 Å². The molecule has 2 N–H and O–H groups in total. The number of nitrogens with one attached hydrogen (secondary N) is 2. The molecule has 0 bridgehead atoms. The Morgan fingerprint density at radius 3 is 2.81 bits per heavy atom. The van der Waals surface area contributed by atoms with E-state index in [1.54, 1.807) is 12.4 Å². The van der Waals surface area contributed by atoms with Crippen molar-refractivity contribution in [2.75, 3.05) is 16.8 Å². The summed E-state index contributed by atoms with van der Waals surface area (Å²) < 4.78 is 1.85. The highest BCUT2D eigenvalue weighted by Gasteiger charge is 2.40. The van der Waals surface area contributed by atoms with Crippen LogP contribution in [-0.2, 0) is 22.6 Å². The molecule has 5 heterocycles. The van der Waals surface area contributed by atoms with Crippen molar-refractivity contribution in [1.29, 1.82) is 0 Å². The van der Waals surface area contributed by atoms with Gasteiger partial charge in [-0.2, -0.15) is 5.10 Å². The first-order valence-electron chi connectivity index (χ1n) is 11.1. The maximum Gasteiger partial charge on any atom is 0.261 e. The first kappa shape index (κ1) is 19.0. The average molecular weight is 428 g/mol. The van der Waals surface area contributed by atoms with E-state index in [0.717, 1.165) is 43.0 Å². The molecule has 4 aliphatic rings. The molecule has 8 nitrogen and oxygen atoms in total. The van der Waals surface area contributed by atoms with Crippen LogP contribution in [0.1, 0.15) is 37.0 Å². The number of carbonyl (C=O) groups is 2. The maximum atomic E-state index is 13.1. The molecular weight excluding hydrogens is 404 g/mol. The zero-order chi connectivity index (χ0) is 22.0. The molecule has 2 amide bonds. The Hall–Kier alpha value is -3.68. The second-order valence-electron chi connectivity index (χ2n) is 8.96. The number of hydrogen-bond acceptors (Lipinski definition) is 6. The van der Waals surface area contributed by atoms with Gasteiger partial charge in [0, 0.05) is 37.1 Å². The molecule has 4 aliphatic heterocycles. The minimum absolute atomic E-state index is 0.311. The van der Waals surface area contributed by atoms with E-state index < -0.39 is 11.8 Å². The standard InChI is InChI=1S/C24H24N6O2/c1-13(2)17-11-14-5-3-6-15-20(25-8-10-29(17)21(14)15)19-18(23(31)28-24(19)32)16-12-27-30-9-4-7-26-22(16)30/h3,5-6,8,10,12-13,17,26H,4,7,9,11H2,1-2H3,(H,28,31,32). The molecule has 0 aliphatic carbocycles. The molecule has 6 rings (SSSR count). The molecule has 0 fully saturated rings. The largest absolute Gasteiger partial charge is 0.370 e. The average Bonchev–Trinajstić information content (AvgIpc) is 3.40. The third-order valence-electron chi connectivity index (χ3n) is 6.74. The predicted octanol–water partition coefficient (Wildman–Crippen LogP) is 2.47. The molecule has 1 aromatic carbocycles. The van der Waals surface area contributed by atoms with E-state index >= 15 is 0 Å². The number of fused-ring (bicyclic) bond motifs is 1. The molecule has 0 spiro atoms. The van der Waals surface area contributed by atoms with E-state index in [2.05, 4.69) is 40.5 Å². The van der Waals surface area contributed by atoms with Gasteiger partial charge in [0.15, 0.2) is 0 Å². The van der Waals surface area contributed by atoms with E-state index in [1.165, 1.54) is 5.56 Å². The zero-order valence-electron chi connectivity index (χ0n) is 18.1.